The van der Waals surface area contributed by atoms with Crippen LogP contribution >= 0.6 is 0 Å². The molecule has 1 aromatic heterocycles. The minimum absolute atomic E-state index is 0.127. The Labute approximate surface area is 198 Å². The average molecular weight is 458 g/mol. The molecule has 1 fully saturated rings. The largest absolute Gasteiger partial charge is 0.465 e. The number of benzene rings is 2. The number of nitrogens with one attached hydrogen (secondary N) is 1. The molecule has 2 aromatic carbocycles. The Morgan fingerprint density at radius 3 is 2.76 bits per heavy atom. The van der Waals surface area contributed by atoms with E-state index in [9.17, 15) is 15.2 Å². The number of piperidine rings is 1. The monoisotopic (exact) mass is 457 g/mol. The van der Waals surface area contributed by atoms with E-state index >= 15 is 0 Å². The van der Waals surface area contributed by atoms with Crippen molar-refractivity contribution in [2.75, 3.05) is 18.0 Å². The molecule has 1 saturated heterocycles. The summed E-state index contributed by atoms with van der Waals surface area (Å²) in [6.45, 7) is 3.86. The molecular weight excluding hydrogens is 430 g/mol. The molecule has 3 heterocycles. The van der Waals surface area contributed by atoms with Crippen LogP contribution in [0.3, 0.4) is 0 Å². The van der Waals surface area contributed by atoms with Crippen molar-refractivity contribution in [3.05, 3.63) is 59.9 Å². The molecule has 8 nitrogen and oxygen atoms in total. The first-order valence-electron chi connectivity index (χ1n) is 11.7. The van der Waals surface area contributed by atoms with Gasteiger partial charge >= 0.3 is 6.09 Å². The number of hydrogen-bond donors (Lipinski definition) is 2. The third-order valence-corrected chi connectivity index (χ3v) is 6.77. The zero-order valence-electron chi connectivity index (χ0n) is 19.1. The first-order valence-corrected chi connectivity index (χ1v) is 11.7. The van der Waals surface area contributed by atoms with Gasteiger partial charge in [0, 0.05) is 28.9 Å². The molecule has 0 radical (unpaired) electrons. The zero-order chi connectivity index (χ0) is 23.7. The number of hydrogen-bond acceptors (Lipinski definition) is 5. The van der Waals surface area contributed by atoms with Gasteiger partial charge in [0.15, 0.2) is 0 Å². The molecule has 0 spiro atoms. The van der Waals surface area contributed by atoms with Gasteiger partial charge in [-0.3, -0.25) is 9.58 Å². The van der Waals surface area contributed by atoms with E-state index in [1.165, 1.54) is 4.90 Å². The van der Waals surface area contributed by atoms with Crippen molar-refractivity contribution in [1.82, 2.24) is 15.1 Å². The van der Waals surface area contributed by atoms with Gasteiger partial charge < -0.3 is 15.2 Å². The number of nitriles is 1. The predicted octanol–water partition coefficient (Wildman–Crippen LogP) is 4.96. The molecule has 3 aromatic rings. The van der Waals surface area contributed by atoms with E-state index in [1.54, 1.807) is 18.2 Å². The van der Waals surface area contributed by atoms with E-state index < -0.39 is 6.09 Å². The normalized spacial score (nSPS) is 18.2. The van der Waals surface area contributed by atoms with Gasteiger partial charge in [-0.1, -0.05) is 12.1 Å². The first kappa shape index (κ1) is 22.0. The molecule has 1 unspecified atom stereocenters. The number of amides is 1. The Morgan fingerprint density at radius 1 is 1.21 bits per heavy atom. The lowest BCUT2D eigenvalue weighted by atomic mass is 9.92. The lowest BCUT2D eigenvalue weighted by molar-refractivity contribution is 0.198. The van der Waals surface area contributed by atoms with E-state index in [1.807, 2.05) is 42.2 Å². The van der Waals surface area contributed by atoms with E-state index in [0.717, 1.165) is 42.6 Å². The van der Waals surface area contributed by atoms with Crippen molar-refractivity contribution in [3.63, 3.8) is 0 Å². The summed E-state index contributed by atoms with van der Waals surface area (Å²) in [5.74, 6) is 1.04. The molecule has 2 aliphatic rings. The minimum Gasteiger partial charge on any atom is -0.465 e. The molecule has 1 amide bonds. The summed E-state index contributed by atoms with van der Waals surface area (Å²) in [5, 5.41) is 27.5. The molecule has 2 aliphatic heterocycles. The average Bonchev–Trinajstić information content (AvgIpc) is 3.35. The Balaban J connectivity index is 1.63. The van der Waals surface area contributed by atoms with Crippen LogP contribution in [0.25, 0.3) is 11.1 Å². The number of fused-ring (bicyclic) bond motifs is 1. The van der Waals surface area contributed by atoms with Gasteiger partial charge in [0.05, 0.1) is 23.5 Å². The van der Waals surface area contributed by atoms with Gasteiger partial charge in [0.2, 0.25) is 0 Å². The Bertz CT molecular complexity index is 1260. The van der Waals surface area contributed by atoms with Gasteiger partial charge in [-0.05, 0) is 70.0 Å². The van der Waals surface area contributed by atoms with Crippen LogP contribution in [0.1, 0.15) is 43.4 Å². The van der Waals surface area contributed by atoms with Crippen LogP contribution in [-0.4, -0.2) is 40.1 Å². The highest BCUT2D eigenvalue weighted by atomic mass is 16.5. The number of anilines is 1. The molecule has 0 bridgehead atoms. The first-order chi connectivity index (χ1) is 16.6. The number of carboxylic acid groups (broad SMARTS) is 1. The fourth-order valence-electron chi connectivity index (χ4n) is 4.95. The van der Waals surface area contributed by atoms with Crippen molar-refractivity contribution in [1.29, 1.82) is 5.26 Å². The number of aromatic nitrogens is 2. The maximum atomic E-state index is 12.1. The Kier molecular flexibility index (Phi) is 5.95. The van der Waals surface area contributed by atoms with E-state index in [0.29, 0.717) is 41.6 Å². The van der Waals surface area contributed by atoms with Crippen LogP contribution in [0.2, 0.25) is 0 Å². The quantitative estimate of drug-likeness (QED) is 0.574. The molecule has 0 aliphatic carbocycles. The second-order valence-electron chi connectivity index (χ2n) is 8.88. The highest BCUT2D eigenvalue weighted by Gasteiger charge is 2.32. The van der Waals surface area contributed by atoms with Crippen LogP contribution in [-0.2, 0) is 6.42 Å². The van der Waals surface area contributed by atoms with Crippen LogP contribution in [0.15, 0.2) is 48.8 Å². The summed E-state index contributed by atoms with van der Waals surface area (Å²) in [6.07, 6.45) is 6.32. The summed E-state index contributed by atoms with van der Waals surface area (Å²) >= 11 is 0. The Morgan fingerprint density at radius 2 is 2.00 bits per heavy atom. The van der Waals surface area contributed by atoms with Crippen molar-refractivity contribution < 1.29 is 14.6 Å². The zero-order valence-corrected chi connectivity index (χ0v) is 19.1. The topological polar surface area (TPSA) is 103 Å². The van der Waals surface area contributed by atoms with Crippen molar-refractivity contribution >= 4 is 11.8 Å². The maximum absolute atomic E-state index is 12.1. The summed E-state index contributed by atoms with van der Waals surface area (Å²) < 4.78 is 8.44. The lowest BCUT2D eigenvalue weighted by Gasteiger charge is -2.34. The SMILES string of the molecule is CC1CCc2c(ccc(-c3cnn(C4CCNCC4)c3)c2Oc2ccccc2C#N)N1C(=O)O. The molecule has 1 atom stereocenters. The number of carbonyl (C=O) groups is 1. The highest BCUT2D eigenvalue weighted by molar-refractivity contribution is 5.91. The van der Waals surface area contributed by atoms with E-state index in [-0.39, 0.29) is 6.04 Å². The van der Waals surface area contributed by atoms with Gasteiger partial charge in [-0.2, -0.15) is 10.4 Å². The van der Waals surface area contributed by atoms with E-state index in [4.69, 9.17) is 4.74 Å². The van der Waals surface area contributed by atoms with Crippen LogP contribution < -0.4 is 15.0 Å². The third kappa shape index (κ3) is 3.99. The molecule has 0 saturated carbocycles. The number of ether oxygens (including phenoxy) is 1. The number of nitrogens with zero attached hydrogens (tertiary/aromatic N) is 4. The summed E-state index contributed by atoms with van der Waals surface area (Å²) in [7, 11) is 0. The minimum atomic E-state index is -0.983. The predicted molar refractivity (Wildman–Crippen MR) is 128 cm³/mol. The highest BCUT2D eigenvalue weighted by Crippen LogP contribution is 2.45. The van der Waals surface area contributed by atoms with Crippen LogP contribution in [0, 0.1) is 11.3 Å². The maximum Gasteiger partial charge on any atom is 0.412 e. The smallest absolute Gasteiger partial charge is 0.412 e. The molecular formula is C26H27N5O3. The number of rotatable bonds is 4. The standard InChI is InChI=1S/C26H27N5O3/c1-17-6-7-22-23(31(17)26(32)33)9-8-21(25(22)34-24-5-3-2-4-18(24)14-27)19-15-29-30(16-19)20-10-12-28-13-11-20/h2-5,8-9,15-17,20,28H,6-7,10-13H2,1H3,(H,32,33). The summed E-state index contributed by atoms with van der Waals surface area (Å²) in [5.41, 5.74) is 3.64. The fourth-order valence-corrected chi connectivity index (χ4v) is 4.95. The van der Waals surface area contributed by atoms with Gasteiger partial charge in [-0.15, -0.1) is 0 Å². The third-order valence-electron chi connectivity index (χ3n) is 6.77. The fraction of sp³-hybridized carbons (Fsp3) is 0.346. The lowest BCUT2D eigenvalue weighted by Crippen LogP contribution is -2.41. The van der Waals surface area contributed by atoms with Crippen molar-refractivity contribution in [2.24, 2.45) is 0 Å². The summed E-state index contributed by atoms with van der Waals surface area (Å²) in [4.78, 5) is 13.5. The van der Waals surface area contributed by atoms with Gasteiger partial charge in [0.25, 0.3) is 0 Å². The van der Waals surface area contributed by atoms with Crippen LogP contribution in [0.5, 0.6) is 11.5 Å². The Hall–Kier alpha value is -3.83. The molecule has 34 heavy (non-hydrogen) atoms. The van der Waals surface area contributed by atoms with Gasteiger partial charge in [0.1, 0.15) is 17.6 Å². The summed E-state index contributed by atoms with van der Waals surface area (Å²) in [6, 6.07) is 13.3. The van der Waals surface area contributed by atoms with Crippen LogP contribution in [0.4, 0.5) is 10.5 Å². The second kappa shape index (κ2) is 9.20. The number of para-hydroxylation sites is 1. The molecule has 174 valence electrons. The second-order valence-corrected chi connectivity index (χ2v) is 8.88. The van der Waals surface area contributed by atoms with Crippen molar-refractivity contribution in [3.8, 4) is 28.7 Å². The molecule has 8 heteroatoms. The van der Waals surface area contributed by atoms with E-state index in [2.05, 4.69) is 16.5 Å². The molecule has 2 N–H and O–H groups in total. The van der Waals surface area contributed by atoms with Crippen molar-refractivity contribution in [2.45, 2.75) is 44.7 Å². The molecule has 5 rings (SSSR count). The van der Waals surface area contributed by atoms with Gasteiger partial charge in [-0.25, -0.2) is 4.79 Å².